The molecule has 2 heterocycles. The summed E-state index contributed by atoms with van der Waals surface area (Å²) in [6.07, 6.45) is 4.15. The van der Waals surface area contributed by atoms with Crippen LogP contribution >= 0.6 is 0 Å². The number of nitrogens with one attached hydrogen (secondary N) is 2. The molecule has 0 atom stereocenters. The van der Waals surface area contributed by atoms with E-state index in [1.807, 2.05) is 0 Å². The molecule has 0 saturated carbocycles. The van der Waals surface area contributed by atoms with Crippen LogP contribution in [0.2, 0.25) is 0 Å². The molecule has 0 aromatic heterocycles. The molecule has 0 bridgehead atoms. The van der Waals surface area contributed by atoms with Crippen molar-refractivity contribution < 1.29 is 9.53 Å². The van der Waals surface area contributed by atoms with Gasteiger partial charge in [-0.1, -0.05) is 6.92 Å². The molecule has 0 aromatic rings. The average molecular weight is 297 g/mol. The van der Waals surface area contributed by atoms with Gasteiger partial charge in [0.2, 0.25) is 5.91 Å². The molecule has 0 aromatic carbocycles. The fraction of sp³-hybridized carbons (Fsp3) is 0.938. The highest BCUT2D eigenvalue weighted by Gasteiger charge is 2.39. The van der Waals surface area contributed by atoms with Gasteiger partial charge in [0.25, 0.3) is 0 Å². The lowest BCUT2D eigenvalue weighted by Gasteiger charge is -2.36. The lowest BCUT2D eigenvalue weighted by Crippen LogP contribution is -2.51. The number of methoxy groups -OCH3 is 1. The van der Waals surface area contributed by atoms with Gasteiger partial charge in [-0.2, -0.15) is 0 Å². The second-order valence-electron chi connectivity index (χ2n) is 6.55. The summed E-state index contributed by atoms with van der Waals surface area (Å²) in [7, 11) is 1.69. The van der Waals surface area contributed by atoms with Gasteiger partial charge in [-0.25, -0.2) is 0 Å². The lowest BCUT2D eigenvalue weighted by molar-refractivity contribution is -0.136. The van der Waals surface area contributed by atoms with Gasteiger partial charge < -0.3 is 20.3 Å². The standard InChI is InChI=1S/C16H31N3O2/c1-3-19-10-4-14(5-11-19)12-18-15(20)16(13-21-2)6-8-17-9-7-16/h14,17H,3-13H2,1-2H3,(H,18,20). The van der Waals surface area contributed by atoms with Gasteiger partial charge in [-0.05, 0) is 64.3 Å². The number of hydrogen-bond acceptors (Lipinski definition) is 4. The molecule has 2 fully saturated rings. The number of nitrogens with zero attached hydrogens (tertiary/aromatic N) is 1. The summed E-state index contributed by atoms with van der Waals surface area (Å²) in [5, 5.41) is 6.54. The summed E-state index contributed by atoms with van der Waals surface area (Å²) in [5.74, 6) is 0.835. The predicted molar refractivity (Wildman–Crippen MR) is 84.3 cm³/mol. The van der Waals surface area contributed by atoms with E-state index in [0.29, 0.717) is 12.5 Å². The van der Waals surface area contributed by atoms with Crippen LogP contribution < -0.4 is 10.6 Å². The summed E-state index contributed by atoms with van der Waals surface area (Å²) >= 11 is 0. The molecule has 5 heteroatoms. The Morgan fingerprint density at radius 2 is 2.00 bits per heavy atom. The fourth-order valence-electron chi connectivity index (χ4n) is 3.55. The summed E-state index contributed by atoms with van der Waals surface area (Å²) in [4.78, 5) is 15.1. The maximum atomic E-state index is 12.6. The number of likely N-dealkylation sites (tertiary alicyclic amines) is 1. The van der Waals surface area contributed by atoms with E-state index in [9.17, 15) is 4.79 Å². The van der Waals surface area contributed by atoms with Crippen LogP contribution in [0, 0.1) is 11.3 Å². The van der Waals surface area contributed by atoms with Crippen LogP contribution in [0.5, 0.6) is 0 Å². The first-order valence-corrected chi connectivity index (χ1v) is 8.40. The van der Waals surface area contributed by atoms with E-state index >= 15 is 0 Å². The number of carbonyl (C=O) groups excluding carboxylic acids is 1. The minimum absolute atomic E-state index is 0.198. The number of hydrogen-bond donors (Lipinski definition) is 2. The molecular weight excluding hydrogens is 266 g/mol. The Balaban J connectivity index is 1.79. The number of piperidine rings is 2. The summed E-state index contributed by atoms with van der Waals surface area (Å²) in [5.41, 5.74) is -0.315. The van der Waals surface area contributed by atoms with Gasteiger partial charge in [-0.15, -0.1) is 0 Å². The van der Waals surface area contributed by atoms with Crippen LogP contribution in [0.25, 0.3) is 0 Å². The molecule has 0 radical (unpaired) electrons. The summed E-state index contributed by atoms with van der Waals surface area (Å²) in [6.45, 7) is 8.88. The van der Waals surface area contributed by atoms with E-state index in [-0.39, 0.29) is 11.3 Å². The number of ether oxygens (including phenoxy) is 1. The molecule has 2 N–H and O–H groups in total. The number of amides is 1. The molecule has 5 nitrogen and oxygen atoms in total. The fourth-order valence-corrected chi connectivity index (χ4v) is 3.55. The highest BCUT2D eigenvalue weighted by atomic mass is 16.5. The van der Waals surface area contributed by atoms with Gasteiger partial charge >= 0.3 is 0 Å². The van der Waals surface area contributed by atoms with Crippen LogP contribution in [0.1, 0.15) is 32.6 Å². The zero-order valence-corrected chi connectivity index (χ0v) is 13.6. The zero-order chi connectivity index (χ0) is 15.1. The highest BCUT2D eigenvalue weighted by Crippen LogP contribution is 2.29. The number of carbonyl (C=O) groups is 1. The minimum atomic E-state index is -0.315. The quantitative estimate of drug-likeness (QED) is 0.763. The Labute approximate surface area is 128 Å². The van der Waals surface area contributed by atoms with Gasteiger partial charge in [-0.3, -0.25) is 4.79 Å². The normalized spacial score (nSPS) is 23.9. The molecule has 0 unspecified atom stereocenters. The molecule has 122 valence electrons. The van der Waals surface area contributed by atoms with Crippen molar-refractivity contribution in [2.45, 2.75) is 32.6 Å². The average Bonchev–Trinajstić information content (AvgIpc) is 2.54. The lowest BCUT2D eigenvalue weighted by atomic mass is 9.78. The molecule has 1 amide bonds. The molecule has 2 aliphatic rings. The Bertz CT molecular complexity index is 316. The molecule has 2 saturated heterocycles. The zero-order valence-electron chi connectivity index (χ0n) is 13.6. The van der Waals surface area contributed by atoms with Crippen molar-refractivity contribution in [1.29, 1.82) is 0 Å². The van der Waals surface area contributed by atoms with E-state index < -0.39 is 0 Å². The van der Waals surface area contributed by atoms with Crippen molar-refractivity contribution in [3.05, 3.63) is 0 Å². The van der Waals surface area contributed by atoms with Gasteiger partial charge in [0.1, 0.15) is 0 Å². The Kier molecular flexibility index (Phi) is 6.45. The Hall–Kier alpha value is -0.650. The molecule has 0 spiro atoms. The smallest absolute Gasteiger partial charge is 0.228 e. The molecule has 2 rings (SSSR count). The van der Waals surface area contributed by atoms with Crippen molar-refractivity contribution in [3.8, 4) is 0 Å². The second kappa shape index (κ2) is 8.11. The largest absolute Gasteiger partial charge is 0.384 e. The van der Waals surface area contributed by atoms with E-state index in [1.165, 1.54) is 25.9 Å². The predicted octanol–water partition coefficient (Wildman–Crippen LogP) is 0.851. The van der Waals surface area contributed by atoms with Crippen LogP contribution in [0.4, 0.5) is 0 Å². The van der Waals surface area contributed by atoms with Gasteiger partial charge in [0, 0.05) is 13.7 Å². The van der Waals surface area contributed by atoms with E-state index in [2.05, 4.69) is 22.5 Å². The van der Waals surface area contributed by atoms with Crippen LogP contribution in [-0.2, 0) is 9.53 Å². The summed E-state index contributed by atoms with van der Waals surface area (Å²) < 4.78 is 5.33. The first kappa shape index (κ1) is 16.7. The first-order valence-electron chi connectivity index (χ1n) is 8.40. The monoisotopic (exact) mass is 297 g/mol. The Morgan fingerprint density at radius 1 is 1.33 bits per heavy atom. The maximum Gasteiger partial charge on any atom is 0.228 e. The van der Waals surface area contributed by atoms with Crippen molar-refractivity contribution in [2.75, 3.05) is 53.0 Å². The minimum Gasteiger partial charge on any atom is -0.384 e. The van der Waals surface area contributed by atoms with Crippen molar-refractivity contribution in [1.82, 2.24) is 15.5 Å². The topological polar surface area (TPSA) is 53.6 Å². The SMILES string of the molecule is CCN1CCC(CNC(=O)C2(COC)CCNCC2)CC1. The highest BCUT2D eigenvalue weighted by molar-refractivity contribution is 5.83. The van der Waals surface area contributed by atoms with Gasteiger partial charge in [0.05, 0.1) is 12.0 Å². The van der Waals surface area contributed by atoms with Crippen LogP contribution in [0.15, 0.2) is 0 Å². The maximum absolute atomic E-state index is 12.6. The van der Waals surface area contributed by atoms with Crippen molar-refractivity contribution in [3.63, 3.8) is 0 Å². The van der Waals surface area contributed by atoms with E-state index in [0.717, 1.165) is 39.0 Å². The van der Waals surface area contributed by atoms with Crippen molar-refractivity contribution >= 4 is 5.91 Å². The molecular formula is C16H31N3O2. The second-order valence-corrected chi connectivity index (χ2v) is 6.55. The third kappa shape index (κ3) is 4.41. The summed E-state index contributed by atoms with van der Waals surface area (Å²) in [6, 6.07) is 0. The first-order chi connectivity index (χ1) is 10.2. The van der Waals surface area contributed by atoms with Crippen LogP contribution in [-0.4, -0.2) is 63.8 Å². The third-order valence-corrected chi connectivity index (χ3v) is 5.17. The number of rotatable bonds is 6. The van der Waals surface area contributed by atoms with Gasteiger partial charge in [0.15, 0.2) is 0 Å². The van der Waals surface area contributed by atoms with E-state index in [1.54, 1.807) is 7.11 Å². The van der Waals surface area contributed by atoms with Crippen molar-refractivity contribution in [2.24, 2.45) is 11.3 Å². The van der Waals surface area contributed by atoms with Crippen LogP contribution in [0.3, 0.4) is 0 Å². The Morgan fingerprint density at radius 3 is 2.57 bits per heavy atom. The molecule has 2 aliphatic heterocycles. The van der Waals surface area contributed by atoms with E-state index in [4.69, 9.17) is 4.74 Å². The molecule has 21 heavy (non-hydrogen) atoms. The molecule has 0 aliphatic carbocycles. The third-order valence-electron chi connectivity index (χ3n) is 5.17.